The van der Waals surface area contributed by atoms with Crippen LogP contribution in [-0.4, -0.2) is 40.6 Å². The van der Waals surface area contributed by atoms with Crippen LogP contribution in [0.25, 0.3) is 0 Å². The van der Waals surface area contributed by atoms with Crippen molar-refractivity contribution < 1.29 is 19.8 Å². The number of rotatable bonds is 12. The lowest BCUT2D eigenvalue weighted by Gasteiger charge is -2.14. The Labute approximate surface area is 130 Å². The van der Waals surface area contributed by atoms with E-state index in [9.17, 15) is 9.59 Å². The van der Waals surface area contributed by atoms with Crippen LogP contribution in [0.15, 0.2) is 17.3 Å². The number of aliphatic imine (C=N–C) groups is 1. The van der Waals surface area contributed by atoms with Gasteiger partial charge in [0.2, 0.25) is 5.91 Å². The molecule has 0 spiro atoms. The van der Waals surface area contributed by atoms with E-state index in [-0.39, 0.29) is 30.5 Å². The number of guanidine groups is 1. The Hall–Kier alpha value is -2.25. The monoisotopic (exact) mass is 314 g/mol. The first-order chi connectivity index (χ1) is 10.3. The standard InChI is InChI=1S/C14H26N4O4/c1-10(19)6-3-2-4-8-12(20)18-11(13(21)22)7-5-9-17-14(15)16/h11,19H,1-9H2,(H,18,20)(H,21,22)(H4,15,16,17)/t11-/m0/s1. The summed E-state index contributed by atoms with van der Waals surface area (Å²) < 4.78 is 0. The number of hydrogen-bond acceptors (Lipinski definition) is 4. The van der Waals surface area contributed by atoms with Crippen LogP contribution >= 0.6 is 0 Å². The van der Waals surface area contributed by atoms with Crippen LogP contribution in [0.1, 0.15) is 44.9 Å². The van der Waals surface area contributed by atoms with Gasteiger partial charge in [-0.2, -0.15) is 0 Å². The van der Waals surface area contributed by atoms with Crippen molar-refractivity contribution in [1.82, 2.24) is 5.32 Å². The summed E-state index contributed by atoms with van der Waals surface area (Å²) in [6.07, 6.45) is 3.67. The maximum Gasteiger partial charge on any atom is 0.326 e. The quantitative estimate of drug-likeness (QED) is 0.154. The maximum atomic E-state index is 11.7. The molecule has 1 amide bonds. The number of aliphatic hydroxyl groups excluding tert-OH is 1. The van der Waals surface area contributed by atoms with E-state index in [1.165, 1.54) is 0 Å². The van der Waals surface area contributed by atoms with Crippen LogP contribution in [0.2, 0.25) is 0 Å². The van der Waals surface area contributed by atoms with Gasteiger partial charge in [0, 0.05) is 19.4 Å². The van der Waals surface area contributed by atoms with Crippen LogP contribution in [0.4, 0.5) is 0 Å². The van der Waals surface area contributed by atoms with Gasteiger partial charge < -0.3 is 27.0 Å². The average molecular weight is 314 g/mol. The second kappa shape index (κ2) is 11.4. The van der Waals surface area contributed by atoms with Gasteiger partial charge >= 0.3 is 5.97 Å². The molecule has 0 saturated heterocycles. The molecule has 0 aromatic rings. The predicted molar refractivity (Wildman–Crippen MR) is 84.3 cm³/mol. The first-order valence-corrected chi connectivity index (χ1v) is 7.27. The first-order valence-electron chi connectivity index (χ1n) is 7.27. The number of carbonyl (C=O) groups is 2. The minimum Gasteiger partial charge on any atom is -0.513 e. The highest BCUT2D eigenvalue weighted by Gasteiger charge is 2.18. The van der Waals surface area contributed by atoms with Gasteiger partial charge in [-0.15, -0.1) is 0 Å². The molecule has 126 valence electrons. The minimum atomic E-state index is -1.07. The van der Waals surface area contributed by atoms with Crippen molar-refractivity contribution >= 4 is 17.8 Å². The van der Waals surface area contributed by atoms with Crippen LogP contribution in [0.3, 0.4) is 0 Å². The molecule has 1 atom stereocenters. The molecule has 0 fully saturated rings. The SMILES string of the molecule is C=C(O)CCCCCC(=O)N[C@@H](CCCN=C(N)N)C(=O)O. The summed E-state index contributed by atoms with van der Waals surface area (Å²) in [5.74, 6) is -1.27. The zero-order valence-corrected chi connectivity index (χ0v) is 12.8. The van der Waals surface area contributed by atoms with E-state index in [4.69, 9.17) is 21.7 Å². The fourth-order valence-corrected chi connectivity index (χ4v) is 1.82. The molecule has 0 rings (SSSR count). The molecule has 0 aromatic carbocycles. The molecule has 8 nitrogen and oxygen atoms in total. The number of unbranched alkanes of at least 4 members (excludes halogenated alkanes) is 2. The summed E-state index contributed by atoms with van der Waals surface area (Å²) >= 11 is 0. The van der Waals surface area contributed by atoms with Crippen LogP contribution in [0, 0.1) is 0 Å². The molecule has 0 saturated carbocycles. The van der Waals surface area contributed by atoms with Crippen LogP contribution in [-0.2, 0) is 9.59 Å². The van der Waals surface area contributed by atoms with Gasteiger partial charge in [-0.1, -0.05) is 13.0 Å². The fraction of sp³-hybridized carbons (Fsp3) is 0.643. The molecule has 0 aromatic heterocycles. The predicted octanol–water partition coefficient (Wildman–Crippen LogP) is 0.632. The van der Waals surface area contributed by atoms with Crippen molar-refractivity contribution in [3.63, 3.8) is 0 Å². The van der Waals surface area contributed by atoms with E-state index in [0.717, 1.165) is 12.8 Å². The number of aliphatic hydroxyl groups is 1. The Bertz CT molecular complexity index is 406. The van der Waals surface area contributed by atoms with Crippen molar-refractivity contribution in [2.24, 2.45) is 16.5 Å². The molecule has 0 heterocycles. The number of nitrogens with two attached hydrogens (primary N) is 2. The number of carboxylic acid groups (broad SMARTS) is 1. The molecule has 0 unspecified atom stereocenters. The van der Waals surface area contributed by atoms with Gasteiger partial charge in [0.1, 0.15) is 6.04 Å². The molecule has 0 bridgehead atoms. The zero-order valence-electron chi connectivity index (χ0n) is 12.8. The van der Waals surface area contributed by atoms with Gasteiger partial charge in [0.05, 0.1) is 5.76 Å². The third-order valence-corrected chi connectivity index (χ3v) is 2.95. The van der Waals surface area contributed by atoms with Crippen molar-refractivity contribution in [2.45, 2.75) is 51.0 Å². The number of carboxylic acids is 1. The highest BCUT2D eigenvalue weighted by molar-refractivity contribution is 5.83. The number of hydrogen-bond donors (Lipinski definition) is 5. The summed E-state index contributed by atoms with van der Waals surface area (Å²) in [4.78, 5) is 26.5. The fourth-order valence-electron chi connectivity index (χ4n) is 1.82. The normalized spacial score (nSPS) is 11.5. The molecule has 0 radical (unpaired) electrons. The molecular weight excluding hydrogens is 288 g/mol. The molecule has 8 heteroatoms. The largest absolute Gasteiger partial charge is 0.513 e. The number of amides is 1. The van der Waals surface area contributed by atoms with Gasteiger partial charge in [0.15, 0.2) is 5.96 Å². The number of nitrogens with zero attached hydrogens (tertiary/aromatic N) is 1. The van der Waals surface area contributed by atoms with Gasteiger partial charge in [0.25, 0.3) is 0 Å². The lowest BCUT2D eigenvalue weighted by molar-refractivity contribution is -0.142. The molecule has 7 N–H and O–H groups in total. The van der Waals surface area contributed by atoms with Crippen LogP contribution in [0.5, 0.6) is 0 Å². The van der Waals surface area contributed by atoms with Crippen molar-refractivity contribution in [2.75, 3.05) is 6.54 Å². The summed E-state index contributed by atoms with van der Waals surface area (Å²) in [6, 6.07) is -0.932. The number of carbonyl (C=O) groups excluding carboxylic acids is 1. The van der Waals surface area contributed by atoms with Crippen molar-refractivity contribution in [3.8, 4) is 0 Å². The Balaban J connectivity index is 3.96. The molecule has 22 heavy (non-hydrogen) atoms. The van der Waals surface area contributed by atoms with Crippen molar-refractivity contribution in [3.05, 3.63) is 12.3 Å². The second-order valence-electron chi connectivity index (χ2n) is 5.03. The summed E-state index contributed by atoms with van der Waals surface area (Å²) in [7, 11) is 0. The third kappa shape index (κ3) is 11.6. The first kappa shape index (κ1) is 19.8. The molecule has 0 aliphatic carbocycles. The molecular formula is C14H26N4O4. The Morgan fingerprint density at radius 2 is 1.73 bits per heavy atom. The van der Waals surface area contributed by atoms with E-state index in [1.54, 1.807) is 0 Å². The smallest absolute Gasteiger partial charge is 0.326 e. The zero-order chi connectivity index (χ0) is 17.0. The van der Waals surface area contributed by atoms with E-state index in [1.807, 2.05) is 0 Å². The topological polar surface area (TPSA) is 151 Å². The summed E-state index contributed by atoms with van der Waals surface area (Å²) in [6.45, 7) is 3.71. The van der Waals surface area contributed by atoms with E-state index in [2.05, 4.69) is 16.9 Å². The average Bonchev–Trinajstić information content (AvgIpc) is 2.40. The minimum absolute atomic E-state index is 0.0403. The molecule has 0 aliphatic rings. The number of allylic oxidation sites excluding steroid dienone is 1. The number of nitrogens with one attached hydrogen (secondary N) is 1. The number of aliphatic carboxylic acids is 1. The van der Waals surface area contributed by atoms with Gasteiger partial charge in [-0.05, 0) is 25.7 Å². The Morgan fingerprint density at radius 1 is 1.09 bits per heavy atom. The second-order valence-corrected chi connectivity index (χ2v) is 5.03. The van der Waals surface area contributed by atoms with E-state index in [0.29, 0.717) is 25.8 Å². The Kier molecular flexibility index (Phi) is 10.2. The summed E-state index contributed by atoms with van der Waals surface area (Å²) in [5.41, 5.74) is 10.3. The molecule has 0 aliphatic heterocycles. The van der Waals surface area contributed by atoms with Gasteiger partial charge in [-0.3, -0.25) is 9.79 Å². The lowest BCUT2D eigenvalue weighted by Crippen LogP contribution is -2.40. The van der Waals surface area contributed by atoms with Gasteiger partial charge in [-0.25, -0.2) is 4.79 Å². The highest BCUT2D eigenvalue weighted by Crippen LogP contribution is 2.07. The lowest BCUT2D eigenvalue weighted by atomic mass is 10.1. The maximum absolute atomic E-state index is 11.7. The van der Waals surface area contributed by atoms with Crippen LogP contribution < -0.4 is 16.8 Å². The third-order valence-electron chi connectivity index (χ3n) is 2.95. The van der Waals surface area contributed by atoms with Crippen molar-refractivity contribution in [1.29, 1.82) is 0 Å². The highest BCUT2D eigenvalue weighted by atomic mass is 16.4. The van der Waals surface area contributed by atoms with E-state index < -0.39 is 12.0 Å². The van der Waals surface area contributed by atoms with E-state index >= 15 is 0 Å². The Morgan fingerprint density at radius 3 is 2.27 bits per heavy atom. The summed E-state index contributed by atoms with van der Waals surface area (Å²) in [5, 5.41) is 20.5.